The molecule has 16 heavy (non-hydrogen) atoms. The summed E-state index contributed by atoms with van der Waals surface area (Å²) in [6.45, 7) is 2.60. The van der Waals surface area contributed by atoms with Crippen LogP contribution in [0.15, 0.2) is 0 Å². The number of carbonyl (C=O) groups excluding carboxylic acids is 1. The number of nitrogens with zero attached hydrogens (tertiary/aromatic N) is 1. The highest BCUT2D eigenvalue weighted by atomic mass is 32.2. The van der Waals surface area contributed by atoms with Gasteiger partial charge in [-0.15, -0.1) is 0 Å². The third-order valence-electron chi connectivity index (χ3n) is 2.59. The van der Waals surface area contributed by atoms with Gasteiger partial charge in [0.1, 0.15) is 5.75 Å². The normalized spacial score (nSPS) is 16.1. The standard InChI is InChI=1S/C10H19NO4S/c1-3-11(9-4-5-9)10(12)8-16(13,14)7-6-15-2/h9H,3-8H2,1-2H3. The Bertz CT molecular complexity index is 335. The molecule has 1 aliphatic rings. The van der Waals surface area contributed by atoms with Crippen molar-refractivity contribution in [3.63, 3.8) is 0 Å². The zero-order chi connectivity index (χ0) is 12.2. The van der Waals surface area contributed by atoms with Gasteiger partial charge < -0.3 is 9.64 Å². The van der Waals surface area contributed by atoms with E-state index in [0.29, 0.717) is 6.54 Å². The molecule has 5 nitrogen and oxygen atoms in total. The van der Waals surface area contributed by atoms with Crippen LogP contribution in [0.1, 0.15) is 19.8 Å². The van der Waals surface area contributed by atoms with Crippen LogP contribution in [0.3, 0.4) is 0 Å². The second kappa shape index (κ2) is 5.63. The monoisotopic (exact) mass is 249 g/mol. The zero-order valence-electron chi connectivity index (χ0n) is 9.81. The Labute approximate surface area is 96.7 Å². The third kappa shape index (κ3) is 4.09. The summed E-state index contributed by atoms with van der Waals surface area (Å²) >= 11 is 0. The molecule has 94 valence electrons. The summed E-state index contributed by atoms with van der Waals surface area (Å²) in [7, 11) is -1.88. The highest BCUT2D eigenvalue weighted by Gasteiger charge is 2.32. The lowest BCUT2D eigenvalue weighted by atomic mass is 10.4. The van der Waals surface area contributed by atoms with Crippen LogP contribution in [0.25, 0.3) is 0 Å². The number of amides is 1. The fourth-order valence-electron chi connectivity index (χ4n) is 1.58. The molecule has 1 saturated carbocycles. The van der Waals surface area contributed by atoms with E-state index in [1.807, 2.05) is 6.92 Å². The van der Waals surface area contributed by atoms with Gasteiger partial charge in [0.2, 0.25) is 5.91 Å². The fourth-order valence-corrected chi connectivity index (χ4v) is 2.68. The Hall–Kier alpha value is -0.620. The molecule has 0 radical (unpaired) electrons. The maximum Gasteiger partial charge on any atom is 0.238 e. The van der Waals surface area contributed by atoms with Gasteiger partial charge in [-0.25, -0.2) is 8.42 Å². The Morgan fingerprint density at radius 2 is 2.06 bits per heavy atom. The molecule has 0 heterocycles. The molecule has 0 aromatic heterocycles. The highest BCUT2D eigenvalue weighted by molar-refractivity contribution is 7.92. The summed E-state index contributed by atoms with van der Waals surface area (Å²) in [4.78, 5) is 13.4. The molecular weight excluding hydrogens is 230 g/mol. The average molecular weight is 249 g/mol. The van der Waals surface area contributed by atoms with E-state index in [4.69, 9.17) is 4.74 Å². The Balaban J connectivity index is 2.48. The van der Waals surface area contributed by atoms with Crippen LogP contribution < -0.4 is 0 Å². The van der Waals surface area contributed by atoms with Gasteiger partial charge in [-0.1, -0.05) is 0 Å². The maximum atomic E-state index is 11.7. The second-order valence-electron chi connectivity index (χ2n) is 4.00. The van der Waals surface area contributed by atoms with Gasteiger partial charge in [-0.3, -0.25) is 4.79 Å². The molecule has 1 rings (SSSR count). The summed E-state index contributed by atoms with van der Waals surface area (Å²) in [5, 5.41) is 0. The molecular formula is C10H19NO4S. The van der Waals surface area contributed by atoms with Gasteiger partial charge in [-0.2, -0.15) is 0 Å². The topological polar surface area (TPSA) is 63.7 Å². The molecule has 0 saturated heterocycles. The molecule has 0 atom stereocenters. The first-order valence-electron chi connectivity index (χ1n) is 5.49. The van der Waals surface area contributed by atoms with Crippen molar-refractivity contribution < 1.29 is 17.9 Å². The van der Waals surface area contributed by atoms with Crippen molar-refractivity contribution in [3.8, 4) is 0 Å². The van der Waals surface area contributed by atoms with Gasteiger partial charge in [-0.05, 0) is 19.8 Å². The summed E-state index contributed by atoms with van der Waals surface area (Å²) in [5.41, 5.74) is 0. The molecule has 1 fully saturated rings. The SMILES string of the molecule is CCN(C(=O)CS(=O)(=O)CCOC)C1CC1. The van der Waals surface area contributed by atoms with E-state index in [1.165, 1.54) is 7.11 Å². The van der Waals surface area contributed by atoms with Gasteiger partial charge in [0, 0.05) is 19.7 Å². The number of sulfone groups is 1. The van der Waals surface area contributed by atoms with E-state index in [9.17, 15) is 13.2 Å². The van der Waals surface area contributed by atoms with Crippen LogP contribution in [0, 0.1) is 0 Å². The van der Waals surface area contributed by atoms with Crippen molar-refractivity contribution in [1.29, 1.82) is 0 Å². The molecule has 0 aromatic rings. The summed E-state index contributed by atoms with van der Waals surface area (Å²) in [6.07, 6.45) is 2.00. The Kier molecular flexibility index (Phi) is 4.73. The molecule has 0 spiro atoms. The molecule has 0 N–H and O–H groups in total. The summed E-state index contributed by atoms with van der Waals surface area (Å²) in [6, 6.07) is 0.273. The van der Waals surface area contributed by atoms with Crippen molar-refractivity contribution in [1.82, 2.24) is 4.90 Å². The predicted octanol–water partition coefficient (Wildman–Crippen LogP) is 0.0585. The van der Waals surface area contributed by atoms with Crippen molar-refractivity contribution in [3.05, 3.63) is 0 Å². The van der Waals surface area contributed by atoms with Gasteiger partial charge in [0.05, 0.1) is 12.4 Å². The first kappa shape index (κ1) is 13.4. The summed E-state index contributed by atoms with van der Waals surface area (Å²) < 4.78 is 27.8. The molecule has 0 aliphatic heterocycles. The van der Waals surface area contributed by atoms with E-state index in [0.717, 1.165) is 12.8 Å². The highest BCUT2D eigenvalue weighted by Crippen LogP contribution is 2.26. The Morgan fingerprint density at radius 3 is 2.50 bits per heavy atom. The van der Waals surface area contributed by atoms with Crippen LogP contribution in [-0.2, 0) is 19.4 Å². The molecule has 1 aliphatic carbocycles. The number of hydrogen-bond donors (Lipinski definition) is 0. The minimum absolute atomic E-state index is 0.0859. The lowest BCUT2D eigenvalue weighted by molar-refractivity contribution is -0.128. The first-order valence-corrected chi connectivity index (χ1v) is 7.31. The second-order valence-corrected chi connectivity index (χ2v) is 6.18. The molecule has 1 amide bonds. The van der Waals surface area contributed by atoms with Crippen molar-refractivity contribution in [2.45, 2.75) is 25.8 Å². The third-order valence-corrected chi connectivity index (χ3v) is 4.07. The van der Waals surface area contributed by atoms with Crippen LogP contribution in [0.5, 0.6) is 0 Å². The van der Waals surface area contributed by atoms with E-state index in [2.05, 4.69) is 0 Å². The molecule has 0 bridgehead atoms. The largest absolute Gasteiger partial charge is 0.384 e. The number of hydrogen-bond acceptors (Lipinski definition) is 4. The van der Waals surface area contributed by atoms with Gasteiger partial charge in [0.25, 0.3) is 0 Å². The van der Waals surface area contributed by atoms with Crippen molar-refractivity contribution in [2.24, 2.45) is 0 Å². The van der Waals surface area contributed by atoms with Crippen LogP contribution in [-0.4, -0.2) is 57.0 Å². The smallest absolute Gasteiger partial charge is 0.238 e. The summed E-state index contributed by atoms with van der Waals surface area (Å²) in [5.74, 6) is -0.751. The number of methoxy groups -OCH3 is 1. The quantitative estimate of drug-likeness (QED) is 0.640. The minimum Gasteiger partial charge on any atom is -0.384 e. The lowest BCUT2D eigenvalue weighted by Gasteiger charge is -2.20. The van der Waals surface area contributed by atoms with Gasteiger partial charge in [0.15, 0.2) is 9.84 Å². The average Bonchev–Trinajstić information content (AvgIpc) is 2.99. The van der Waals surface area contributed by atoms with Crippen LogP contribution >= 0.6 is 0 Å². The van der Waals surface area contributed by atoms with Gasteiger partial charge >= 0.3 is 0 Å². The number of carbonyl (C=O) groups is 1. The van der Waals surface area contributed by atoms with E-state index in [1.54, 1.807) is 4.90 Å². The number of rotatable bonds is 7. The Morgan fingerprint density at radius 1 is 1.44 bits per heavy atom. The van der Waals surface area contributed by atoms with Crippen LogP contribution in [0.4, 0.5) is 0 Å². The first-order chi connectivity index (χ1) is 7.50. The van der Waals surface area contributed by atoms with Crippen LogP contribution in [0.2, 0.25) is 0 Å². The van der Waals surface area contributed by atoms with E-state index < -0.39 is 9.84 Å². The molecule has 0 aromatic carbocycles. The number of ether oxygens (including phenoxy) is 1. The minimum atomic E-state index is -3.32. The van der Waals surface area contributed by atoms with E-state index >= 15 is 0 Å². The van der Waals surface area contributed by atoms with E-state index in [-0.39, 0.29) is 30.1 Å². The predicted molar refractivity (Wildman–Crippen MR) is 60.9 cm³/mol. The zero-order valence-corrected chi connectivity index (χ0v) is 10.6. The maximum absolute atomic E-state index is 11.7. The van der Waals surface area contributed by atoms with Crippen molar-refractivity contribution >= 4 is 15.7 Å². The molecule has 6 heteroatoms. The lowest BCUT2D eigenvalue weighted by Crippen LogP contribution is -2.38. The molecule has 0 unspecified atom stereocenters. The fraction of sp³-hybridized carbons (Fsp3) is 0.900. The van der Waals surface area contributed by atoms with Crippen molar-refractivity contribution in [2.75, 3.05) is 31.8 Å².